The molecule has 0 aliphatic rings. The van der Waals surface area contributed by atoms with E-state index in [1.54, 1.807) is 0 Å². The largest absolute Gasteiger partial charge is 0.508 e. The number of ketones is 1. The summed E-state index contributed by atoms with van der Waals surface area (Å²) in [6.07, 6.45) is 0. The normalized spacial score (nSPS) is 8.54. The standard InChI is InChI=1S/C6H5ClO2.C3H6O/c7-5-2-1-4(8)3-6(5)9;1-3(2)4/h1-3,8-9H;1-2H3. The molecular formula is C9H11ClO3. The summed E-state index contributed by atoms with van der Waals surface area (Å²) in [5.74, 6) is 0.0774. The van der Waals surface area contributed by atoms with E-state index in [9.17, 15) is 4.79 Å². The highest BCUT2D eigenvalue weighted by molar-refractivity contribution is 6.32. The third-order valence-electron chi connectivity index (χ3n) is 0.930. The highest BCUT2D eigenvalue weighted by Gasteiger charge is 1.95. The number of benzene rings is 1. The maximum atomic E-state index is 9.44. The summed E-state index contributed by atoms with van der Waals surface area (Å²) < 4.78 is 0. The molecule has 1 rings (SSSR count). The number of hydrogen-bond donors (Lipinski definition) is 2. The molecule has 0 saturated heterocycles. The molecule has 0 radical (unpaired) electrons. The van der Waals surface area contributed by atoms with Crippen molar-refractivity contribution < 1.29 is 15.0 Å². The van der Waals surface area contributed by atoms with Gasteiger partial charge in [-0.15, -0.1) is 0 Å². The van der Waals surface area contributed by atoms with E-state index in [0.717, 1.165) is 0 Å². The third-order valence-corrected chi connectivity index (χ3v) is 1.25. The molecule has 0 saturated carbocycles. The zero-order valence-corrected chi connectivity index (χ0v) is 8.17. The van der Waals surface area contributed by atoms with Crippen molar-refractivity contribution >= 4 is 17.4 Å². The van der Waals surface area contributed by atoms with E-state index in [4.69, 9.17) is 21.8 Å². The Morgan fingerprint density at radius 3 is 2.08 bits per heavy atom. The molecule has 0 unspecified atom stereocenters. The molecule has 0 aliphatic carbocycles. The average molecular weight is 203 g/mol. The van der Waals surface area contributed by atoms with Gasteiger partial charge in [-0.1, -0.05) is 11.6 Å². The Morgan fingerprint density at radius 2 is 1.77 bits per heavy atom. The SMILES string of the molecule is CC(C)=O.Oc1ccc(Cl)c(O)c1. The van der Waals surface area contributed by atoms with Gasteiger partial charge in [0.15, 0.2) is 0 Å². The molecule has 0 aromatic heterocycles. The number of carbonyl (C=O) groups excluding carboxylic acids is 1. The highest BCUT2D eigenvalue weighted by Crippen LogP contribution is 2.26. The molecular weight excluding hydrogens is 192 g/mol. The van der Waals surface area contributed by atoms with Gasteiger partial charge in [-0.05, 0) is 26.0 Å². The molecule has 0 atom stereocenters. The predicted molar refractivity (Wildman–Crippen MR) is 51.1 cm³/mol. The maximum absolute atomic E-state index is 9.44. The Kier molecular flexibility index (Phi) is 4.92. The monoisotopic (exact) mass is 202 g/mol. The molecule has 0 bridgehead atoms. The van der Waals surface area contributed by atoms with Crippen molar-refractivity contribution in [2.24, 2.45) is 0 Å². The Bertz CT molecular complexity index is 293. The van der Waals surface area contributed by atoms with Gasteiger partial charge in [0.05, 0.1) is 5.02 Å². The van der Waals surface area contributed by atoms with Crippen molar-refractivity contribution in [3.63, 3.8) is 0 Å². The minimum absolute atomic E-state index is 0.0110. The predicted octanol–water partition coefficient (Wildman–Crippen LogP) is 2.35. The number of rotatable bonds is 0. The minimum atomic E-state index is -0.100. The fourth-order valence-corrected chi connectivity index (χ4v) is 0.619. The topological polar surface area (TPSA) is 57.5 Å². The lowest BCUT2D eigenvalue weighted by molar-refractivity contribution is -0.114. The first-order valence-corrected chi connectivity index (χ1v) is 3.96. The lowest BCUT2D eigenvalue weighted by Crippen LogP contribution is -1.69. The summed E-state index contributed by atoms with van der Waals surface area (Å²) in [6, 6.07) is 4.01. The summed E-state index contributed by atoms with van der Waals surface area (Å²) >= 11 is 5.42. The zero-order valence-electron chi connectivity index (χ0n) is 7.41. The fourth-order valence-electron chi connectivity index (χ4n) is 0.501. The van der Waals surface area contributed by atoms with Gasteiger partial charge in [0.1, 0.15) is 17.3 Å². The molecule has 0 aliphatic heterocycles. The number of Topliss-reactive ketones (excluding diaryl/α,β-unsaturated/α-hetero) is 1. The molecule has 0 spiro atoms. The Morgan fingerprint density at radius 1 is 1.31 bits per heavy atom. The van der Waals surface area contributed by atoms with E-state index < -0.39 is 0 Å². The second-order valence-corrected chi connectivity index (χ2v) is 2.95. The first-order chi connectivity index (χ1) is 5.93. The quantitative estimate of drug-likeness (QED) is 0.679. The maximum Gasteiger partial charge on any atom is 0.137 e. The Hall–Kier alpha value is -1.22. The van der Waals surface area contributed by atoms with Crippen LogP contribution >= 0.6 is 11.6 Å². The van der Waals surface area contributed by atoms with Gasteiger partial charge in [0.2, 0.25) is 0 Å². The lowest BCUT2D eigenvalue weighted by atomic mass is 10.3. The number of hydrogen-bond acceptors (Lipinski definition) is 3. The van der Waals surface area contributed by atoms with E-state index in [1.807, 2.05) is 0 Å². The molecule has 72 valence electrons. The summed E-state index contributed by atoms with van der Waals surface area (Å²) in [7, 11) is 0. The molecule has 3 nitrogen and oxygen atoms in total. The number of aromatic hydroxyl groups is 2. The number of phenolic OH excluding ortho intramolecular Hbond substituents is 2. The second-order valence-electron chi connectivity index (χ2n) is 2.54. The van der Waals surface area contributed by atoms with E-state index in [2.05, 4.69) is 0 Å². The summed E-state index contributed by atoms with van der Waals surface area (Å²) in [4.78, 5) is 9.44. The molecule has 0 amide bonds. The van der Waals surface area contributed by atoms with Gasteiger partial charge in [0, 0.05) is 6.07 Å². The molecule has 1 aromatic rings. The van der Waals surface area contributed by atoms with Crippen molar-refractivity contribution in [1.29, 1.82) is 0 Å². The molecule has 4 heteroatoms. The molecule has 0 heterocycles. The third kappa shape index (κ3) is 5.99. The highest BCUT2D eigenvalue weighted by atomic mass is 35.5. The Balaban J connectivity index is 0.000000310. The zero-order chi connectivity index (χ0) is 10.4. The van der Waals surface area contributed by atoms with Crippen LogP contribution in [-0.2, 0) is 4.79 Å². The average Bonchev–Trinajstić information content (AvgIpc) is 1.96. The van der Waals surface area contributed by atoms with Gasteiger partial charge >= 0.3 is 0 Å². The smallest absolute Gasteiger partial charge is 0.137 e. The number of halogens is 1. The van der Waals surface area contributed by atoms with Gasteiger partial charge < -0.3 is 15.0 Å². The molecule has 0 fully saturated rings. The van der Waals surface area contributed by atoms with Crippen LogP contribution in [0.15, 0.2) is 18.2 Å². The van der Waals surface area contributed by atoms with Crippen LogP contribution in [0.4, 0.5) is 0 Å². The first-order valence-electron chi connectivity index (χ1n) is 3.58. The van der Waals surface area contributed by atoms with Gasteiger partial charge in [-0.25, -0.2) is 0 Å². The fraction of sp³-hybridized carbons (Fsp3) is 0.222. The van der Waals surface area contributed by atoms with Crippen LogP contribution in [0.3, 0.4) is 0 Å². The van der Waals surface area contributed by atoms with Gasteiger partial charge in [-0.3, -0.25) is 0 Å². The van der Waals surface area contributed by atoms with Crippen molar-refractivity contribution in [2.75, 3.05) is 0 Å². The number of carbonyl (C=O) groups is 1. The van der Waals surface area contributed by atoms with Crippen LogP contribution in [0.5, 0.6) is 11.5 Å². The van der Waals surface area contributed by atoms with E-state index >= 15 is 0 Å². The van der Waals surface area contributed by atoms with E-state index in [1.165, 1.54) is 32.0 Å². The summed E-state index contributed by atoms with van der Waals surface area (Å²) in [5, 5.41) is 17.8. The van der Waals surface area contributed by atoms with Crippen molar-refractivity contribution in [3.8, 4) is 11.5 Å². The lowest BCUT2D eigenvalue weighted by Gasteiger charge is -1.94. The van der Waals surface area contributed by atoms with Crippen molar-refractivity contribution in [3.05, 3.63) is 23.2 Å². The molecule has 13 heavy (non-hydrogen) atoms. The first kappa shape index (κ1) is 11.8. The van der Waals surface area contributed by atoms with Gasteiger partial charge in [-0.2, -0.15) is 0 Å². The number of phenols is 2. The van der Waals surface area contributed by atoms with Crippen LogP contribution in [0.2, 0.25) is 5.02 Å². The molecule has 1 aromatic carbocycles. The molecule has 2 N–H and O–H groups in total. The van der Waals surface area contributed by atoms with Crippen LogP contribution in [-0.4, -0.2) is 16.0 Å². The van der Waals surface area contributed by atoms with Crippen molar-refractivity contribution in [1.82, 2.24) is 0 Å². The Labute approximate surface area is 81.6 Å². The summed E-state index contributed by atoms with van der Waals surface area (Å²) in [5.41, 5.74) is 0. The van der Waals surface area contributed by atoms with E-state index in [-0.39, 0.29) is 22.3 Å². The van der Waals surface area contributed by atoms with Crippen molar-refractivity contribution in [2.45, 2.75) is 13.8 Å². The second kappa shape index (κ2) is 5.43. The van der Waals surface area contributed by atoms with Crippen LogP contribution in [0, 0.1) is 0 Å². The van der Waals surface area contributed by atoms with Crippen LogP contribution < -0.4 is 0 Å². The summed E-state index contributed by atoms with van der Waals surface area (Å²) in [6.45, 7) is 3.06. The van der Waals surface area contributed by atoms with Crippen LogP contribution in [0.1, 0.15) is 13.8 Å². The minimum Gasteiger partial charge on any atom is -0.508 e. The van der Waals surface area contributed by atoms with E-state index in [0.29, 0.717) is 0 Å². The van der Waals surface area contributed by atoms with Crippen LogP contribution in [0.25, 0.3) is 0 Å². The van der Waals surface area contributed by atoms with Gasteiger partial charge in [0.25, 0.3) is 0 Å².